The van der Waals surface area contributed by atoms with Crippen LogP contribution in [0.15, 0.2) is 12.7 Å². The number of H-pyrrole nitrogens is 1. The highest BCUT2D eigenvalue weighted by atomic mass is 15.2. The van der Waals surface area contributed by atoms with E-state index in [-0.39, 0.29) is 11.9 Å². The fraction of sp³-hybridized carbons (Fsp3) is 0.400. The molecule has 1 unspecified atom stereocenters. The summed E-state index contributed by atoms with van der Waals surface area (Å²) in [6.07, 6.45) is 3.57. The molecule has 2 rings (SSSR count). The molecule has 2 aromatic rings. The van der Waals surface area contributed by atoms with Crippen molar-refractivity contribution in [3.63, 3.8) is 0 Å². The second kappa shape index (κ2) is 4.36. The lowest BCUT2D eigenvalue weighted by atomic mass is 10.2. The Balaban J connectivity index is 2.32. The largest absolute Gasteiger partial charge is 0.388 e. The Morgan fingerprint density at radius 1 is 1.53 bits per heavy atom. The molecule has 7 heteroatoms. The minimum Gasteiger partial charge on any atom is -0.388 e. The summed E-state index contributed by atoms with van der Waals surface area (Å²) in [5, 5.41) is 7.31. The average Bonchev–Trinajstić information content (AvgIpc) is 2.74. The number of amidine groups is 1. The zero-order chi connectivity index (χ0) is 12.4. The maximum Gasteiger partial charge on any atom is 0.182 e. The summed E-state index contributed by atoms with van der Waals surface area (Å²) in [6, 6.07) is 0.0916. The first-order chi connectivity index (χ1) is 8.09. The summed E-state index contributed by atoms with van der Waals surface area (Å²) in [5.41, 5.74) is 6.84. The van der Waals surface area contributed by atoms with Crippen LogP contribution >= 0.6 is 0 Å². The van der Waals surface area contributed by atoms with E-state index in [1.807, 2.05) is 18.9 Å². The molecule has 0 fully saturated rings. The molecule has 0 aromatic carbocycles. The van der Waals surface area contributed by atoms with E-state index in [9.17, 15) is 0 Å². The molecule has 17 heavy (non-hydrogen) atoms. The van der Waals surface area contributed by atoms with E-state index in [2.05, 4.69) is 19.9 Å². The van der Waals surface area contributed by atoms with E-state index in [4.69, 9.17) is 11.1 Å². The van der Waals surface area contributed by atoms with Gasteiger partial charge >= 0.3 is 0 Å². The van der Waals surface area contributed by atoms with Gasteiger partial charge in [0.15, 0.2) is 11.5 Å². The van der Waals surface area contributed by atoms with Crippen molar-refractivity contribution < 1.29 is 0 Å². The van der Waals surface area contributed by atoms with Gasteiger partial charge in [-0.25, -0.2) is 15.0 Å². The van der Waals surface area contributed by atoms with Gasteiger partial charge in [0.1, 0.15) is 11.8 Å². The molecule has 0 spiro atoms. The Morgan fingerprint density at radius 2 is 2.29 bits per heavy atom. The van der Waals surface area contributed by atoms with E-state index in [0.717, 1.165) is 11.3 Å². The summed E-state index contributed by atoms with van der Waals surface area (Å²) in [5.74, 6) is 0.931. The molecule has 4 N–H and O–H groups in total. The zero-order valence-electron chi connectivity index (χ0n) is 9.81. The number of hydrogen-bond acceptors (Lipinski definition) is 5. The van der Waals surface area contributed by atoms with Gasteiger partial charge in [0.05, 0.1) is 12.2 Å². The highest BCUT2D eigenvalue weighted by molar-refractivity contribution is 5.83. The molecule has 0 bridgehead atoms. The number of imidazole rings is 1. The highest BCUT2D eigenvalue weighted by Crippen LogP contribution is 2.20. The lowest BCUT2D eigenvalue weighted by molar-refractivity contribution is 0.701. The van der Waals surface area contributed by atoms with Crippen molar-refractivity contribution in [1.82, 2.24) is 19.9 Å². The van der Waals surface area contributed by atoms with Gasteiger partial charge in [0, 0.05) is 19.5 Å². The molecule has 90 valence electrons. The number of hydrogen-bond donors (Lipinski definition) is 3. The first-order valence-corrected chi connectivity index (χ1v) is 5.29. The predicted molar refractivity (Wildman–Crippen MR) is 66.1 cm³/mol. The molecular weight excluding hydrogens is 218 g/mol. The van der Waals surface area contributed by atoms with E-state index in [1.165, 1.54) is 6.33 Å². The van der Waals surface area contributed by atoms with Crippen LogP contribution in [-0.2, 0) is 0 Å². The molecular formula is C10H15N7. The molecule has 1 atom stereocenters. The van der Waals surface area contributed by atoms with Crippen molar-refractivity contribution in [2.45, 2.75) is 19.4 Å². The molecule has 0 aliphatic rings. The Morgan fingerprint density at radius 3 is 3.00 bits per heavy atom. The fourth-order valence-corrected chi connectivity index (χ4v) is 1.68. The summed E-state index contributed by atoms with van der Waals surface area (Å²) in [6.45, 7) is 1.99. The van der Waals surface area contributed by atoms with Gasteiger partial charge in [-0.2, -0.15) is 0 Å². The second-order valence-electron chi connectivity index (χ2n) is 3.99. The van der Waals surface area contributed by atoms with Gasteiger partial charge in [-0.3, -0.25) is 5.41 Å². The molecule has 0 saturated heterocycles. The van der Waals surface area contributed by atoms with Gasteiger partial charge in [-0.1, -0.05) is 0 Å². The van der Waals surface area contributed by atoms with Crippen molar-refractivity contribution in [3.05, 3.63) is 12.7 Å². The number of aromatic nitrogens is 4. The summed E-state index contributed by atoms with van der Waals surface area (Å²) in [4.78, 5) is 17.4. The number of nitrogens with one attached hydrogen (secondary N) is 2. The van der Waals surface area contributed by atoms with E-state index in [1.54, 1.807) is 6.33 Å². The molecule has 0 amide bonds. The average molecular weight is 233 g/mol. The van der Waals surface area contributed by atoms with Crippen LogP contribution in [0, 0.1) is 5.41 Å². The lowest BCUT2D eigenvalue weighted by Gasteiger charge is -2.25. The van der Waals surface area contributed by atoms with Crippen molar-refractivity contribution in [2.24, 2.45) is 5.73 Å². The summed E-state index contributed by atoms with van der Waals surface area (Å²) < 4.78 is 0. The predicted octanol–water partition coefficient (Wildman–Crippen LogP) is 0.504. The Labute approximate surface area is 98.6 Å². The van der Waals surface area contributed by atoms with Gasteiger partial charge < -0.3 is 15.6 Å². The quantitative estimate of drug-likeness (QED) is 0.526. The van der Waals surface area contributed by atoms with Gasteiger partial charge in [-0.05, 0) is 6.92 Å². The highest BCUT2D eigenvalue weighted by Gasteiger charge is 2.16. The van der Waals surface area contributed by atoms with E-state index in [0.29, 0.717) is 12.1 Å². The standard InChI is InChI=1S/C10H15N7/c1-6(3-7(11)12)17(2)10-8-9(14-4-13-8)15-5-16-10/h4-6H,3H2,1-2H3,(H3,11,12)(H,13,14,15,16). The van der Waals surface area contributed by atoms with E-state index >= 15 is 0 Å². The molecule has 0 aliphatic carbocycles. The maximum atomic E-state index is 7.31. The lowest BCUT2D eigenvalue weighted by Crippen LogP contribution is -2.33. The smallest absolute Gasteiger partial charge is 0.182 e. The molecule has 0 radical (unpaired) electrons. The third-order valence-electron chi connectivity index (χ3n) is 2.71. The van der Waals surface area contributed by atoms with Crippen LogP contribution in [0.1, 0.15) is 13.3 Å². The number of nitrogens with zero attached hydrogens (tertiary/aromatic N) is 4. The van der Waals surface area contributed by atoms with Gasteiger partial charge in [0.2, 0.25) is 0 Å². The summed E-state index contributed by atoms with van der Waals surface area (Å²) >= 11 is 0. The number of aromatic amines is 1. The van der Waals surface area contributed by atoms with Crippen LogP contribution in [0.3, 0.4) is 0 Å². The van der Waals surface area contributed by atoms with Crippen molar-refractivity contribution >= 4 is 22.8 Å². The minimum atomic E-state index is 0.0916. The molecule has 0 saturated carbocycles. The topological polar surface area (TPSA) is 108 Å². The van der Waals surface area contributed by atoms with Gasteiger partial charge in [-0.15, -0.1) is 0 Å². The third kappa shape index (κ3) is 2.17. The first kappa shape index (κ1) is 11.3. The second-order valence-corrected chi connectivity index (χ2v) is 3.99. The third-order valence-corrected chi connectivity index (χ3v) is 2.71. The molecule has 2 aromatic heterocycles. The maximum absolute atomic E-state index is 7.31. The normalized spacial score (nSPS) is 12.6. The fourth-order valence-electron chi connectivity index (χ4n) is 1.68. The first-order valence-electron chi connectivity index (χ1n) is 5.29. The molecule has 0 aliphatic heterocycles. The van der Waals surface area contributed by atoms with Crippen molar-refractivity contribution in [1.29, 1.82) is 5.41 Å². The van der Waals surface area contributed by atoms with Crippen molar-refractivity contribution in [3.8, 4) is 0 Å². The van der Waals surface area contributed by atoms with Crippen LogP contribution in [0.4, 0.5) is 5.82 Å². The Bertz CT molecular complexity index is 532. The monoisotopic (exact) mass is 233 g/mol. The zero-order valence-corrected chi connectivity index (χ0v) is 9.81. The Kier molecular flexibility index (Phi) is 2.90. The van der Waals surface area contributed by atoms with Gasteiger partial charge in [0.25, 0.3) is 0 Å². The minimum absolute atomic E-state index is 0.0916. The van der Waals surface area contributed by atoms with Crippen LogP contribution in [0.5, 0.6) is 0 Å². The number of nitrogens with two attached hydrogens (primary N) is 1. The van der Waals surface area contributed by atoms with E-state index < -0.39 is 0 Å². The number of fused-ring (bicyclic) bond motifs is 1. The molecule has 7 nitrogen and oxygen atoms in total. The van der Waals surface area contributed by atoms with Crippen LogP contribution < -0.4 is 10.6 Å². The Hall–Kier alpha value is -2.18. The summed E-state index contributed by atoms with van der Waals surface area (Å²) in [7, 11) is 1.91. The SMILES string of the molecule is CC(CC(=N)N)N(C)c1ncnc2nc[nH]c12. The molecule has 2 heterocycles. The van der Waals surface area contributed by atoms with Crippen molar-refractivity contribution in [2.75, 3.05) is 11.9 Å². The number of anilines is 1. The van der Waals surface area contributed by atoms with Crippen LogP contribution in [0.2, 0.25) is 0 Å². The van der Waals surface area contributed by atoms with Crippen LogP contribution in [0.25, 0.3) is 11.2 Å². The van der Waals surface area contributed by atoms with Crippen LogP contribution in [-0.4, -0.2) is 38.9 Å². The number of rotatable bonds is 4.